The minimum Gasteiger partial charge on any atom is -0.325 e. The van der Waals surface area contributed by atoms with E-state index in [9.17, 15) is 9.59 Å². The molecular weight excluding hydrogens is 398 g/mol. The zero-order valence-corrected chi connectivity index (χ0v) is 17.2. The normalized spacial score (nSPS) is 13.6. The molecule has 0 bridgehead atoms. The SMILES string of the molecule is Cc1cc(-c2csc(NC(=O)c3ccc4c(c3)NC(=O)CCS4)n2)c(C)s1. The van der Waals surface area contributed by atoms with Gasteiger partial charge in [0.25, 0.3) is 5.91 Å². The van der Waals surface area contributed by atoms with E-state index in [2.05, 4.69) is 35.5 Å². The van der Waals surface area contributed by atoms with Gasteiger partial charge >= 0.3 is 0 Å². The highest BCUT2D eigenvalue weighted by molar-refractivity contribution is 7.99. The second-order valence-corrected chi connectivity index (χ2v) is 9.63. The van der Waals surface area contributed by atoms with Crippen molar-refractivity contribution in [1.82, 2.24) is 4.98 Å². The second-order valence-electron chi connectivity index (χ2n) is 6.18. The van der Waals surface area contributed by atoms with Crippen LogP contribution in [0.15, 0.2) is 34.5 Å². The highest BCUT2D eigenvalue weighted by Gasteiger charge is 2.17. The maximum absolute atomic E-state index is 12.6. The van der Waals surface area contributed by atoms with Gasteiger partial charge in [-0.05, 0) is 38.1 Å². The predicted molar refractivity (Wildman–Crippen MR) is 113 cm³/mol. The third kappa shape index (κ3) is 3.92. The fraction of sp³-hybridized carbons (Fsp3) is 0.211. The summed E-state index contributed by atoms with van der Waals surface area (Å²) in [4.78, 5) is 32.4. The highest BCUT2D eigenvalue weighted by atomic mass is 32.2. The number of aryl methyl sites for hydroxylation is 2. The van der Waals surface area contributed by atoms with Gasteiger partial charge in [0.1, 0.15) is 0 Å². The summed E-state index contributed by atoms with van der Waals surface area (Å²) in [7, 11) is 0. The average molecular weight is 416 g/mol. The molecule has 0 saturated heterocycles. The molecule has 3 heterocycles. The maximum Gasteiger partial charge on any atom is 0.257 e. The van der Waals surface area contributed by atoms with Crippen LogP contribution in [0.5, 0.6) is 0 Å². The fourth-order valence-electron chi connectivity index (χ4n) is 2.87. The topological polar surface area (TPSA) is 71.1 Å². The Labute approximate surface area is 169 Å². The monoisotopic (exact) mass is 415 g/mol. The van der Waals surface area contributed by atoms with Crippen LogP contribution in [0.4, 0.5) is 10.8 Å². The molecule has 2 N–H and O–H groups in total. The first-order valence-corrected chi connectivity index (χ1v) is 11.1. The molecule has 3 aromatic rings. The van der Waals surface area contributed by atoms with Crippen molar-refractivity contribution in [2.45, 2.75) is 25.2 Å². The van der Waals surface area contributed by atoms with Gasteiger partial charge in [-0.1, -0.05) is 0 Å². The van der Waals surface area contributed by atoms with E-state index < -0.39 is 0 Å². The summed E-state index contributed by atoms with van der Waals surface area (Å²) in [6.07, 6.45) is 0.476. The molecule has 8 heteroatoms. The Morgan fingerprint density at radius 2 is 2.11 bits per heavy atom. The van der Waals surface area contributed by atoms with Gasteiger partial charge < -0.3 is 5.32 Å². The van der Waals surface area contributed by atoms with Gasteiger partial charge in [-0.3, -0.25) is 14.9 Å². The number of fused-ring (bicyclic) bond motifs is 1. The summed E-state index contributed by atoms with van der Waals surface area (Å²) in [5.41, 5.74) is 3.18. The zero-order chi connectivity index (χ0) is 19.0. The second kappa shape index (κ2) is 7.46. The van der Waals surface area contributed by atoms with Crippen molar-refractivity contribution in [2.75, 3.05) is 16.4 Å². The Morgan fingerprint density at radius 3 is 2.89 bits per heavy atom. The van der Waals surface area contributed by atoms with Crippen molar-refractivity contribution in [2.24, 2.45) is 0 Å². The molecular formula is C19H17N3O2S3. The standard InChI is InChI=1S/C19H17N3O2S3/c1-10-7-13(11(2)27-10)15-9-26-19(21-15)22-18(24)12-3-4-16-14(8-12)20-17(23)5-6-25-16/h3-4,7-9H,5-6H2,1-2H3,(H,20,23)(H,21,22,24). The van der Waals surface area contributed by atoms with E-state index in [-0.39, 0.29) is 11.8 Å². The molecule has 27 heavy (non-hydrogen) atoms. The number of carbonyl (C=O) groups excluding carboxylic acids is 2. The van der Waals surface area contributed by atoms with Gasteiger partial charge in [0.15, 0.2) is 5.13 Å². The summed E-state index contributed by atoms with van der Waals surface area (Å²) >= 11 is 4.76. The van der Waals surface area contributed by atoms with Crippen molar-refractivity contribution in [3.63, 3.8) is 0 Å². The lowest BCUT2D eigenvalue weighted by Gasteiger charge is -2.08. The summed E-state index contributed by atoms with van der Waals surface area (Å²) in [5, 5.41) is 8.24. The van der Waals surface area contributed by atoms with E-state index in [1.807, 2.05) is 11.4 Å². The predicted octanol–water partition coefficient (Wildman–Crippen LogP) is 5.18. The number of thioether (sulfide) groups is 1. The number of amides is 2. The molecule has 138 valence electrons. The minimum atomic E-state index is -0.236. The van der Waals surface area contributed by atoms with Gasteiger partial charge in [-0.2, -0.15) is 0 Å². The van der Waals surface area contributed by atoms with E-state index in [0.717, 1.165) is 21.9 Å². The Hall–Kier alpha value is -2.16. The van der Waals surface area contributed by atoms with Crippen LogP contribution in [0.1, 0.15) is 26.5 Å². The van der Waals surface area contributed by atoms with Crippen LogP contribution in [0.25, 0.3) is 11.3 Å². The third-order valence-corrected chi connectivity index (χ3v) is 6.94. The Kier molecular flexibility index (Phi) is 5.03. The number of rotatable bonds is 3. The molecule has 2 aromatic heterocycles. The lowest BCUT2D eigenvalue weighted by atomic mass is 10.2. The molecule has 0 atom stereocenters. The number of nitrogens with zero attached hydrogens (tertiary/aromatic N) is 1. The molecule has 0 aliphatic carbocycles. The van der Waals surface area contributed by atoms with Crippen molar-refractivity contribution >= 4 is 57.1 Å². The van der Waals surface area contributed by atoms with Crippen molar-refractivity contribution in [3.8, 4) is 11.3 Å². The minimum absolute atomic E-state index is 0.0233. The number of nitrogens with one attached hydrogen (secondary N) is 2. The van der Waals surface area contributed by atoms with Crippen LogP contribution in [0, 0.1) is 13.8 Å². The van der Waals surface area contributed by atoms with Crippen LogP contribution in [0.3, 0.4) is 0 Å². The van der Waals surface area contributed by atoms with Crippen molar-refractivity contribution in [1.29, 1.82) is 0 Å². The first-order valence-electron chi connectivity index (χ1n) is 8.40. The zero-order valence-electron chi connectivity index (χ0n) is 14.8. The number of thiophene rings is 1. The van der Waals surface area contributed by atoms with Crippen molar-refractivity contribution < 1.29 is 9.59 Å². The van der Waals surface area contributed by atoms with Gasteiger partial charge in [0.2, 0.25) is 5.91 Å². The molecule has 0 unspecified atom stereocenters. The third-order valence-electron chi connectivity index (χ3n) is 4.14. The fourth-order valence-corrected chi connectivity index (χ4v) is 5.45. The van der Waals surface area contributed by atoms with E-state index >= 15 is 0 Å². The molecule has 4 rings (SSSR count). The summed E-state index contributed by atoms with van der Waals surface area (Å²) in [6, 6.07) is 7.50. The van der Waals surface area contributed by atoms with Gasteiger partial charge in [-0.25, -0.2) is 4.98 Å². The van der Waals surface area contributed by atoms with E-state index in [4.69, 9.17) is 0 Å². The average Bonchev–Trinajstić information content (AvgIpc) is 3.15. The van der Waals surface area contributed by atoms with Gasteiger partial charge in [0.05, 0.1) is 11.4 Å². The largest absolute Gasteiger partial charge is 0.325 e. The summed E-state index contributed by atoms with van der Waals surface area (Å²) in [6.45, 7) is 4.15. The van der Waals surface area contributed by atoms with Gasteiger partial charge in [0, 0.05) is 43.3 Å². The Morgan fingerprint density at radius 1 is 1.26 bits per heavy atom. The Balaban J connectivity index is 1.53. The number of thiazole rings is 1. The molecule has 1 aliphatic rings. The van der Waals surface area contributed by atoms with Crippen LogP contribution >= 0.6 is 34.4 Å². The number of benzene rings is 1. The van der Waals surface area contributed by atoms with E-state index in [0.29, 0.717) is 22.8 Å². The lowest BCUT2D eigenvalue weighted by molar-refractivity contribution is -0.115. The van der Waals surface area contributed by atoms with Gasteiger partial charge in [-0.15, -0.1) is 34.4 Å². The van der Waals surface area contributed by atoms with Crippen LogP contribution < -0.4 is 10.6 Å². The molecule has 0 fully saturated rings. The first-order chi connectivity index (χ1) is 13.0. The van der Waals surface area contributed by atoms with Crippen LogP contribution in [0.2, 0.25) is 0 Å². The number of anilines is 2. The number of aromatic nitrogens is 1. The molecule has 1 aromatic carbocycles. The maximum atomic E-state index is 12.6. The van der Waals surface area contributed by atoms with E-state index in [1.165, 1.54) is 21.1 Å². The number of hydrogen-bond donors (Lipinski definition) is 2. The van der Waals surface area contributed by atoms with Crippen LogP contribution in [-0.2, 0) is 4.79 Å². The first kappa shape index (κ1) is 18.2. The lowest BCUT2D eigenvalue weighted by Crippen LogP contribution is -2.14. The molecule has 1 aliphatic heterocycles. The Bertz CT molecular complexity index is 1040. The molecule has 0 saturated carbocycles. The number of carbonyl (C=O) groups is 2. The smallest absolute Gasteiger partial charge is 0.257 e. The molecule has 5 nitrogen and oxygen atoms in total. The summed E-state index contributed by atoms with van der Waals surface area (Å²) < 4.78 is 0. The summed E-state index contributed by atoms with van der Waals surface area (Å²) in [5.74, 6) is 0.485. The molecule has 0 spiro atoms. The molecule has 0 radical (unpaired) electrons. The molecule has 2 amide bonds. The van der Waals surface area contributed by atoms with Crippen LogP contribution in [-0.4, -0.2) is 22.6 Å². The highest BCUT2D eigenvalue weighted by Crippen LogP contribution is 2.34. The van der Waals surface area contributed by atoms with Crippen molar-refractivity contribution in [3.05, 3.63) is 45.0 Å². The number of hydrogen-bond acceptors (Lipinski definition) is 6. The van der Waals surface area contributed by atoms with E-state index in [1.54, 1.807) is 35.2 Å². The quantitative estimate of drug-likeness (QED) is 0.619.